The molecule has 1 aliphatic rings. The standard InChI is InChI=1S/C20H26/c1-17-11-10-16-20(2,3)19(17)15-9-5-8-14-18-12-6-4-7-13-18/h4,6-9,12-15H,5,10-11,16H2,1-3H3/b14-8+,15-9+. The van der Waals surface area contributed by atoms with E-state index in [-0.39, 0.29) is 0 Å². The fourth-order valence-electron chi connectivity index (χ4n) is 3.04. The highest BCUT2D eigenvalue weighted by Gasteiger charge is 2.26. The SMILES string of the molecule is CC1=C(/C=C/C/C=C/c2ccccc2)C(C)(C)CCC1. The highest BCUT2D eigenvalue weighted by molar-refractivity contribution is 5.48. The normalized spacial score (nSPS) is 19.1. The van der Waals surface area contributed by atoms with Gasteiger partial charge in [0.2, 0.25) is 0 Å². The number of allylic oxidation sites excluding steroid dienone is 5. The zero-order valence-corrected chi connectivity index (χ0v) is 13.0. The molecule has 0 bridgehead atoms. The summed E-state index contributed by atoms with van der Waals surface area (Å²) in [6.07, 6.45) is 14.0. The molecule has 1 aliphatic carbocycles. The van der Waals surface area contributed by atoms with Crippen molar-refractivity contribution in [3.05, 3.63) is 65.3 Å². The molecule has 0 spiro atoms. The molecule has 106 valence electrons. The maximum absolute atomic E-state index is 2.37. The van der Waals surface area contributed by atoms with Crippen molar-refractivity contribution in [3.63, 3.8) is 0 Å². The predicted molar refractivity (Wildman–Crippen MR) is 89.6 cm³/mol. The lowest BCUT2D eigenvalue weighted by Gasteiger charge is -2.32. The average molecular weight is 266 g/mol. The third kappa shape index (κ3) is 3.96. The van der Waals surface area contributed by atoms with E-state index in [4.69, 9.17) is 0 Å². The van der Waals surface area contributed by atoms with Crippen LogP contribution < -0.4 is 0 Å². The lowest BCUT2D eigenvalue weighted by atomic mass is 9.72. The Morgan fingerprint density at radius 2 is 1.75 bits per heavy atom. The lowest BCUT2D eigenvalue weighted by Crippen LogP contribution is -2.18. The Morgan fingerprint density at radius 3 is 2.45 bits per heavy atom. The largest absolute Gasteiger partial charge is 0.0804 e. The summed E-state index contributed by atoms with van der Waals surface area (Å²) in [5.41, 5.74) is 4.75. The Balaban J connectivity index is 1.95. The van der Waals surface area contributed by atoms with E-state index >= 15 is 0 Å². The van der Waals surface area contributed by atoms with Crippen molar-refractivity contribution in [1.82, 2.24) is 0 Å². The molecule has 0 radical (unpaired) electrons. The van der Waals surface area contributed by atoms with Crippen LogP contribution in [0.2, 0.25) is 0 Å². The van der Waals surface area contributed by atoms with E-state index in [2.05, 4.69) is 75.4 Å². The third-order valence-electron chi connectivity index (χ3n) is 4.21. The molecule has 0 unspecified atom stereocenters. The van der Waals surface area contributed by atoms with Gasteiger partial charge in [0.15, 0.2) is 0 Å². The van der Waals surface area contributed by atoms with Gasteiger partial charge in [0.25, 0.3) is 0 Å². The van der Waals surface area contributed by atoms with Crippen LogP contribution in [0.25, 0.3) is 6.08 Å². The maximum Gasteiger partial charge on any atom is -0.0104 e. The van der Waals surface area contributed by atoms with Crippen LogP contribution in [0.1, 0.15) is 52.0 Å². The quantitative estimate of drug-likeness (QED) is 0.611. The second kappa shape index (κ2) is 6.74. The van der Waals surface area contributed by atoms with Crippen molar-refractivity contribution in [1.29, 1.82) is 0 Å². The second-order valence-electron chi connectivity index (χ2n) is 6.38. The molecular formula is C20H26. The van der Waals surface area contributed by atoms with Gasteiger partial charge in [0, 0.05) is 0 Å². The van der Waals surface area contributed by atoms with Gasteiger partial charge in [-0.15, -0.1) is 0 Å². The first-order valence-electron chi connectivity index (χ1n) is 7.68. The Kier molecular flexibility index (Phi) is 5.00. The summed E-state index contributed by atoms with van der Waals surface area (Å²) >= 11 is 0. The molecule has 0 heteroatoms. The van der Waals surface area contributed by atoms with Gasteiger partial charge < -0.3 is 0 Å². The summed E-state index contributed by atoms with van der Waals surface area (Å²) in [4.78, 5) is 0. The molecular weight excluding hydrogens is 240 g/mol. The fraction of sp³-hybridized carbons (Fsp3) is 0.400. The number of rotatable bonds is 4. The van der Waals surface area contributed by atoms with E-state index in [1.165, 1.54) is 24.8 Å². The highest BCUT2D eigenvalue weighted by atomic mass is 14.3. The highest BCUT2D eigenvalue weighted by Crippen LogP contribution is 2.40. The van der Waals surface area contributed by atoms with Gasteiger partial charge in [-0.25, -0.2) is 0 Å². The Morgan fingerprint density at radius 1 is 1.05 bits per heavy atom. The minimum absolute atomic E-state index is 0.349. The lowest BCUT2D eigenvalue weighted by molar-refractivity contribution is 0.376. The molecule has 0 nitrogen and oxygen atoms in total. The molecule has 0 aromatic heterocycles. The Bertz CT molecular complexity index is 512. The van der Waals surface area contributed by atoms with E-state index in [1.54, 1.807) is 11.1 Å². The predicted octanol–water partition coefficient (Wildman–Crippen LogP) is 6.17. The van der Waals surface area contributed by atoms with E-state index in [0.717, 1.165) is 6.42 Å². The van der Waals surface area contributed by atoms with Gasteiger partial charge in [-0.3, -0.25) is 0 Å². The monoisotopic (exact) mass is 266 g/mol. The van der Waals surface area contributed by atoms with Crippen molar-refractivity contribution in [2.45, 2.75) is 46.5 Å². The second-order valence-corrected chi connectivity index (χ2v) is 6.38. The van der Waals surface area contributed by atoms with Crippen molar-refractivity contribution in [3.8, 4) is 0 Å². The van der Waals surface area contributed by atoms with E-state index in [9.17, 15) is 0 Å². The van der Waals surface area contributed by atoms with Gasteiger partial charge in [-0.2, -0.15) is 0 Å². The van der Waals surface area contributed by atoms with Crippen LogP contribution in [0.4, 0.5) is 0 Å². The molecule has 1 aromatic rings. The Hall–Kier alpha value is -1.56. The number of benzene rings is 1. The van der Waals surface area contributed by atoms with Gasteiger partial charge in [-0.05, 0) is 49.2 Å². The third-order valence-corrected chi connectivity index (χ3v) is 4.21. The maximum atomic E-state index is 2.37. The first-order valence-corrected chi connectivity index (χ1v) is 7.68. The minimum atomic E-state index is 0.349. The van der Waals surface area contributed by atoms with Crippen LogP contribution >= 0.6 is 0 Å². The number of hydrogen-bond donors (Lipinski definition) is 0. The van der Waals surface area contributed by atoms with Crippen LogP contribution in [-0.2, 0) is 0 Å². The van der Waals surface area contributed by atoms with Crippen molar-refractivity contribution in [2.24, 2.45) is 5.41 Å². The molecule has 2 rings (SSSR count). The van der Waals surface area contributed by atoms with Crippen LogP contribution in [0.5, 0.6) is 0 Å². The number of hydrogen-bond acceptors (Lipinski definition) is 0. The van der Waals surface area contributed by atoms with Crippen LogP contribution in [0, 0.1) is 5.41 Å². The topological polar surface area (TPSA) is 0 Å². The zero-order valence-electron chi connectivity index (χ0n) is 13.0. The minimum Gasteiger partial charge on any atom is -0.0804 e. The molecule has 0 atom stereocenters. The summed E-state index contributed by atoms with van der Waals surface area (Å²) < 4.78 is 0. The molecule has 0 heterocycles. The van der Waals surface area contributed by atoms with E-state index in [1.807, 2.05) is 0 Å². The summed E-state index contributed by atoms with van der Waals surface area (Å²) in [5, 5.41) is 0. The smallest absolute Gasteiger partial charge is 0.0104 e. The fourth-order valence-corrected chi connectivity index (χ4v) is 3.04. The van der Waals surface area contributed by atoms with Crippen LogP contribution in [0.3, 0.4) is 0 Å². The molecule has 1 aromatic carbocycles. The van der Waals surface area contributed by atoms with E-state index in [0.29, 0.717) is 5.41 Å². The van der Waals surface area contributed by atoms with Crippen LogP contribution in [0.15, 0.2) is 59.7 Å². The van der Waals surface area contributed by atoms with Crippen molar-refractivity contribution >= 4 is 6.08 Å². The summed E-state index contributed by atoms with van der Waals surface area (Å²) in [7, 11) is 0. The molecule has 0 N–H and O–H groups in total. The van der Waals surface area contributed by atoms with Gasteiger partial charge in [0.05, 0.1) is 0 Å². The molecule has 0 aliphatic heterocycles. The van der Waals surface area contributed by atoms with Crippen molar-refractivity contribution in [2.75, 3.05) is 0 Å². The van der Waals surface area contributed by atoms with E-state index < -0.39 is 0 Å². The van der Waals surface area contributed by atoms with Gasteiger partial charge >= 0.3 is 0 Å². The first kappa shape index (κ1) is 14.8. The zero-order chi connectivity index (χ0) is 14.4. The summed E-state index contributed by atoms with van der Waals surface area (Å²) in [5.74, 6) is 0. The summed E-state index contributed by atoms with van der Waals surface area (Å²) in [6.45, 7) is 7.03. The molecule has 20 heavy (non-hydrogen) atoms. The van der Waals surface area contributed by atoms with Gasteiger partial charge in [-0.1, -0.05) is 74.1 Å². The molecule has 0 amide bonds. The Labute approximate surface area is 123 Å². The summed E-state index contributed by atoms with van der Waals surface area (Å²) in [6, 6.07) is 10.5. The molecule has 0 saturated carbocycles. The van der Waals surface area contributed by atoms with Gasteiger partial charge in [0.1, 0.15) is 0 Å². The average Bonchev–Trinajstić information content (AvgIpc) is 2.42. The molecule has 0 saturated heterocycles. The molecule has 0 fully saturated rings. The first-order chi connectivity index (χ1) is 9.59. The van der Waals surface area contributed by atoms with Crippen molar-refractivity contribution < 1.29 is 0 Å². The van der Waals surface area contributed by atoms with Crippen LogP contribution in [-0.4, -0.2) is 0 Å².